The molecule has 0 atom stereocenters. The quantitative estimate of drug-likeness (QED) is 0.492. The lowest BCUT2D eigenvalue weighted by Crippen LogP contribution is -2.11. The zero-order valence-corrected chi connectivity index (χ0v) is 8.98. The second-order valence-electron chi connectivity index (χ2n) is 3.82. The highest BCUT2D eigenvalue weighted by Crippen LogP contribution is 2.30. The van der Waals surface area contributed by atoms with Crippen molar-refractivity contribution in [3.63, 3.8) is 0 Å². The fourth-order valence-electron chi connectivity index (χ4n) is 1.53. The fourth-order valence-corrected chi connectivity index (χ4v) is 1.95. The van der Waals surface area contributed by atoms with E-state index in [-0.39, 0.29) is 0 Å². The van der Waals surface area contributed by atoms with Crippen molar-refractivity contribution in [2.45, 2.75) is 38.5 Å². The van der Waals surface area contributed by atoms with Crippen molar-refractivity contribution in [2.24, 2.45) is 5.92 Å². The third kappa shape index (κ3) is 5.26. The van der Waals surface area contributed by atoms with Gasteiger partial charge in [0, 0.05) is 0 Å². The molecule has 78 valence electrons. The molecule has 0 aromatic rings. The molecule has 1 rings (SSSR count). The molecule has 0 saturated heterocycles. The van der Waals surface area contributed by atoms with Crippen LogP contribution in [0, 0.1) is 5.92 Å². The molecule has 0 heterocycles. The van der Waals surface area contributed by atoms with Crippen LogP contribution >= 0.6 is 0 Å². The normalized spacial score (nSPS) is 18.5. The van der Waals surface area contributed by atoms with Crippen molar-refractivity contribution < 1.29 is 12.6 Å². The molecule has 13 heavy (non-hydrogen) atoms. The van der Waals surface area contributed by atoms with E-state index >= 15 is 0 Å². The van der Waals surface area contributed by atoms with Gasteiger partial charge in [-0.25, -0.2) is 0 Å². The Morgan fingerprint density at radius 3 is 2.46 bits per heavy atom. The Hall–Kier alpha value is -0.0900. The Balaban J connectivity index is 1.89. The zero-order valence-electron chi connectivity index (χ0n) is 8.16. The van der Waals surface area contributed by atoms with Crippen molar-refractivity contribution in [1.82, 2.24) is 0 Å². The summed E-state index contributed by atoms with van der Waals surface area (Å²) >= 11 is 0. The molecule has 0 amide bonds. The smallest absolute Gasteiger partial charge is 0.264 e. The highest BCUT2D eigenvalue weighted by molar-refractivity contribution is 7.85. The molecule has 4 heteroatoms. The van der Waals surface area contributed by atoms with Crippen molar-refractivity contribution in [2.75, 3.05) is 12.9 Å². The predicted octanol–water partition coefficient (Wildman–Crippen LogP) is 1.93. The molecule has 0 radical (unpaired) electrons. The average Bonchev–Trinajstić information content (AvgIpc) is 1.90. The summed E-state index contributed by atoms with van der Waals surface area (Å²) in [4.78, 5) is 0. The minimum absolute atomic E-state index is 0.353. The molecular formula is C9H18O3S. The lowest BCUT2D eigenvalue weighted by molar-refractivity contribution is 0.266. The molecular weight excluding hydrogens is 188 g/mol. The Labute approximate surface area is 80.6 Å². The first-order valence-electron chi connectivity index (χ1n) is 4.92. The van der Waals surface area contributed by atoms with E-state index in [2.05, 4.69) is 4.18 Å². The summed E-state index contributed by atoms with van der Waals surface area (Å²) in [5.74, 6) is 0.915. The number of hydrogen-bond acceptors (Lipinski definition) is 3. The zero-order chi connectivity index (χ0) is 9.73. The topological polar surface area (TPSA) is 43.4 Å². The van der Waals surface area contributed by atoms with Crippen molar-refractivity contribution in [3.8, 4) is 0 Å². The number of unbranched alkanes of at least 4 members (excludes halogenated alkanes) is 1. The highest BCUT2D eigenvalue weighted by Gasteiger charge is 2.16. The summed E-state index contributed by atoms with van der Waals surface area (Å²) in [7, 11) is -3.22. The first-order chi connectivity index (χ1) is 6.08. The van der Waals surface area contributed by atoms with Gasteiger partial charge in [0.15, 0.2) is 0 Å². The minimum atomic E-state index is -3.22. The summed E-state index contributed by atoms with van der Waals surface area (Å²) in [5, 5.41) is 0. The van der Waals surface area contributed by atoms with Crippen LogP contribution in [0.4, 0.5) is 0 Å². The van der Waals surface area contributed by atoms with E-state index < -0.39 is 10.1 Å². The summed E-state index contributed by atoms with van der Waals surface area (Å²) in [6, 6.07) is 0. The van der Waals surface area contributed by atoms with Crippen LogP contribution in [-0.4, -0.2) is 21.3 Å². The molecule has 0 aromatic heterocycles. The molecule has 1 aliphatic carbocycles. The SMILES string of the molecule is CS(=O)(=O)OCCCCC1CCC1. The van der Waals surface area contributed by atoms with Gasteiger partial charge in [0.1, 0.15) is 0 Å². The van der Waals surface area contributed by atoms with Crippen molar-refractivity contribution in [3.05, 3.63) is 0 Å². The van der Waals surface area contributed by atoms with Crippen LogP contribution in [0.2, 0.25) is 0 Å². The maximum absolute atomic E-state index is 10.6. The molecule has 0 bridgehead atoms. The van der Waals surface area contributed by atoms with Crippen LogP contribution in [-0.2, 0) is 14.3 Å². The van der Waals surface area contributed by atoms with Crippen LogP contribution in [0.5, 0.6) is 0 Å². The Bertz CT molecular complexity index is 229. The van der Waals surface area contributed by atoms with Crippen LogP contribution in [0.15, 0.2) is 0 Å². The lowest BCUT2D eigenvalue weighted by atomic mass is 9.82. The van der Waals surface area contributed by atoms with Crippen LogP contribution in [0.3, 0.4) is 0 Å². The summed E-state index contributed by atoms with van der Waals surface area (Å²) < 4.78 is 25.8. The summed E-state index contributed by atoms with van der Waals surface area (Å²) in [5.41, 5.74) is 0. The molecule has 1 aliphatic rings. The summed E-state index contributed by atoms with van der Waals surface area (Å²) in [6.07, 6.45) is 8.42. The first kappa shape index (κ1) is 11.0. The minimum Gasteiger partial charge on any atom is -0.270 e. The van der Waals surface area contributed by atoms with Gasteiger partial charge in [0.25, 0.3) is 10.1 Å². The Kier molecular flexibility index (Phi) is 4.19. The molecule has 0 N–H and O–H groups in total. The number of hydrogen-bond donors (Lipinski definition) is 0. The van der Waals surface area contributed by atoms with Gasteiger partial charge in [-0.2, -0.15) is 8.42 Å². The molecule has 0 aromatic carbocycles. The maximum Gasteiger partial charge on any atom is 0.264 e. The average molecular weight is 206 g/mol. The molecule has 1 fully saturated rings. The van der Waals surface area contributed by atoms with E-state index in [0.29, 0.717) is 6.61 Å². The van der Waals surface area contributed by atoms with Crippen molar-refractivity contribution in [1.29, 1.82) is 0 Å². The second-order valence-corrected chi connectivity index (χ2v) is 5.46. The first-order valence-corrected chi connectivity index (χ1v) is 6.74. The van der Waals surface area contributed by atoms with Gasteiger partial charge in [0.05, 0.1) is 12.9 Å². The monoisotopic (exact) mass is 206 g/mol. The lowest BCUT2D eigenvalue weighted by Gasteiger charge is -2.24. The largest absolute Gasteiger partial charge is 0.270 e. The fraction of sp³-hybridized carbons (Fsp3) is 1.00. The van der Waals surface area contributed by atoms with E-state index in [1.165, 1.54) is 25.7 Å². The molecule has 1 saturated carbocycles. The predicted molar refractivity (Wildman–Crippen MR) is 52.0 cm³/mol. The molecule has 0 spiro atoms. The van der Waals surface area contributed by atoms with Gasteiger partial charge in [-0.15, -0.1) is 0 Å². The van der Waals surface area contributed by atoms with Gasteiger partial charge >= 0.3 is 0 Å². The molecule has 0 unspecified atom stereocenters. The Morgan fingerprint density at radius 1 is 1.31 bits per heavy atom. The van der Waals surface area contributed by atoms with E-state index in [1.54, 1.807) is 0 Å². The molecule has 0 aliphatic heterocycles. The second kappa shape index (κ2) is 4.96. The standard InChI is InChI=1S/C9H18O3S/c1-13(10,11)12-8-3-2-5-9-6-4-7-9/h9H,2-8H2,1H3. The summed E-state index contributed by atoms with van der Waals surface area (Å²) in [6.45, 7) is 0.353. The van der Waals surface area contributed by atoms with Gasteiger partial charge in [-0.1, -0.05) is 32.1 Å². The van der Waals surface area contributed by atoms with E-state index in [4.69, 9.17) is 0 Å². The van der Waals surface area contributed by atoms with Crippen molar-refractivity contribution >= 4 is 10.1 Å². The van der Waals surface area contributed by atoms with Crippen LogP contribution in [0.25, 0.3) is 0 Å². The molecule has 3 nitrogen and oxygen atoms in total. The third-order valence-corrected chi connectivity index (χ3v) is 3.12. The van der Waals surface area contributed by atoms with E-state index in [9.17, 15) is 8.42 Å². The van der Waals surface area contributed by atoms with Gasteiger partial charge in [0.2, 0.25) is 0 Å². The van der Waals surface area contributed by atoms with E-state index in [0.717, 1.165) is 25.0 Å². The van der Waals surface area contributed by atoms with Crippen LogP contribution in [0.1, 0.15) is 38.5 Å². The van der Waals surface area contributed by atoms with Crippen LogP contribution < -0.4 is 0 Å². The third-order valence-electron chi connectivity index (χ3n) is 2.53. The number of rotatable bonds is 6. The van der Waals surface area contributed by atoms with Gasteiger partial charge in [-0.05, 0) is 12.3 Å². The van der Waals surface area contributed by atoms with Gasteiger partial charge < -0.3 is 0 Å². The maximum atomic E-state index is 10.6. The van der Waals surface area contributed by atoms with Gasteiger partial charge in [-0.3, -0.25) is 4.18 Å². The Morgan fingerprint density at radius 2 is 2.00 bits per heavy atom. The highest BCUT2D eigenvalue weighted by atomic mass is 32.2. The van der Waals surface area contributed by atoms with E-state index in [1.807, 2.05) is 0 Å².